The molecule has 0 saturated heterocycles. The van der Waals surface area contributed by atoms with Crippen molar-refractivity contribution in [3.8, 4) is 5.75 Å². The molecule has 1 heterocycles. The number of halogens is 1. The Kier molecular flexibility index (Phi) is 4.32. The number of ether oxygens (including phenoxy) is 1. The summed E-state index contributed by atoms with van der Waals surface area (Å²) >= 11 is 3.16. The fourth-order valence-electron chi connectivity index (χ4n) is 1.02. The van der Waals surface area contributed by atoms with E-state index in [1.807, 2.05) is 13.8 Å². The predicted molar refractivity (Wildman–Crippen MR) is 65.4 cm³/mol. The zero-order valence-electron chi connectivity index (χ0n) is 9.40. The number of sulfone groups is 1. The van der Waals surface area contributed by atoms with Crippen LogP contribution in [0.2, 0.25) is 0 Å². The maximum absolute atomic E-state index is 11.4. The van der Waals surface area contributed by atoms with E-state index < -0.39 is 9.84 Å². The highest BCUT2D eigenvalue weighted by Gasteiger charge is 2.13. The van der Waals surface area contributed by atoms with Gasteiger partial charge in [-0.05, 0) is 29.3 Å². The van der Waals surface area contributed by atoms with Gasteiger partial charge < -0.3 is 4.74 Å². The van der Waals surface area contributed by atoms with Gasteiger partial charge in [-0.2, -0.15) is 0 Å². The first-order valence-electron chi connectivity index (χ1n) is 4.87. The van der Waals surface area contributed by atoms with Crippen molar-refractivity contribution in [2.45, 2.75) is 31.4 Å². The molecule has 16 heavy (non-hydrogen) atoms. The average Bonchev–Trinajstić information content (AvgIpc) is 2.15. The van der Waals surface area contributed by atoms with Crippen LogP contribution < -0.4 is 4.74 Å². The summed E-state index contributed by atoms with van der Waals surface area (Å²) in [7, 11) is -3.31. The molecule has 90 valence electrons. The van der Waals surface area contributed by atoms with E-state index in [4.69, 9.17) is 4.74 Å². The lowest BCUT2D eigenvalue weighted by Crippen LogP contribution is -2.11. The van der Waals surface area contributed by atoms with Crippen LogP contribution in [0.3, 0.4) is 0 Å². The van der Waals surface area contributed by atoms with Gasteiger partial charge in [-0.3, -0.25) is 0 Å². The van der Waals surface area contributed by atoms with Gasteiger partial charge in [0.25, 0.3) is 0 Å². The maximum Gasteiger partial charge on any atom is 0.192 e. The lowest BCUT2D eigenvalue weighted by molar-refractivity contribution is 0.216. The van der Waals surface area contributed by atoms with Crippen molar-refractivity contribution in [2.24, 2.45) is 0 Å². The molecule has 0 unspecified atom stereocenters. The molecule has 0 N–H and O–H groups in total. The Morgan fingerprint density at radius 1 is 1.50 bits per heavy atom. The molecule has 0 spiro atoms. The van der Waals surface area contributed by atoms with Crippen LogP contribution in [0.1, 0.15) is 20.3 Å². The maximum atomic E-state index is 11.4. The number of hydrogen-bond acceptors (Lipinski definition) is 4. The van der Waals surface area contributed by atoms with Gasteiger partial charge in [-0.15, -0.1) is 0 Å². The number of nitrogens with zero attached hydrogens (tertiary/aromatic N) is 1. The number of aromatic nitrogens is 1. The van der Waals surface area contributed by atoms with Crippen LogP contribution in [0.4, 0.5) is 0 Å². The molecule has 0 aliphatic carbocycles. The number of pyridine rings is 1. The van der Waals surface area contributed by atoms with E-state index in [-0.39, 0.29) is 11.1 Å². The molecule has 1 aromatic heterocycles. The molecule has 6 heteroatoms. The normalized spacial score (nSPS) is 13.5. The Labute approximate surface area is 104 Å². The molecule has 4 nitrogen and oxygen atoms in total. The summed E-state index contributed by atoms with van der Waals surface area (Å²) < 4.78 is 28.7. The van der Waals surface area contributed by atoms with Crippen LogP contribution in [0, 0.1) is 0 Å². The lowest BCUT2D eigenvalue weighted by atomic mass is 10.3. The van der Waals surface area contributed by atoms with Crippen molar-refractivity contribution in [3.05, 3.63) is 16.7 Å². The van der Waals surface area contributed by atoms with Crippen molar-refractivity contribution >= 4 is 25.8 Å². The van der Waals surface area contributed by atoms with Gasteiger partial charge in [-0.25, -0.2) is 13.4 Å². The molecular weight excluding hydrogens is 294 g/mol. The van der Waals surface area contributed by atoms with Crippen LogP contribution in [-0.2, 0) is 9.84 Å². The fourth-order valence-corrected chi connectivity index (χ4v) is 2.15. The number of rotatable bonds is 4. The monoisotopic (exact) mass is 307 g/mol. The second kappa shape index (κ2) is 5.14. The van der Waals surface area contributed by atoms with Gasteiger partial charge in [0.05, 0.1) is 6.10 Å². The first-order chi connectivity index (χ1) is 7.32. The minimum Gasteiger partial charge on any atom is -0.491 e. The topological polar surface area (TPSA) is 56.3 Å². The molecule has 1 atom stereocenters. The SMILES string of the molecule is CC[C@H](C)Oc1cc(Br)nc(S(C)(=O)=O)c1. The number of hydrogen-bond donors (Lipinski definition) is 0. The highest BCUT2D eigenvalue weighted by atomic mass is 79.9. The zero-order valence-corrected chi connectivity index (χ0v) is 11.8. The molecule has 0 aromatic carbocycles. The molecule has 0 saturated carbocycles. The first kappa shape index (κ1) is 13.4. The molecule has 0 fully saturated rings. The third-order valence-corrected chi connectivity index (χ3v) is 3.41. The van der Waals surface area contributed by atoms with Gasteiger partial charge in [0.2, 0.25) is 0 Å². The molecule has 1 aromatic rings. The zero-order chi connectivity index (χ0) is 12.3. The van der Waals surface area contributed by atoms with Crippen LogP contribution in [0.25, 0.3) is 0 Å². The Morgan fingerprint density at radius 3 is 2.62 bits per heavy atom. The van der Waals surface area contributed by atoms with E-state index in [0.717, 1.165) is 12.7 Å². The largest absolute Gasteiger partial charge is 0.491 e. The molecule has 0 aliphatic heterocycles. The molecule has 1 rings (SSSR count). The van der Waals surface area contributed by atoms with Gasteiger partial charge in [0, 0.05) is 18.4 Å². The summed E-state index contributed by atoms with van der Waals surface area (Å²) in [6.07, 6.45) is 2.02. The van der Waals surface area contributed by atoms with Crippen molar-refractivity contribution in [2.75, 3.05) is 6.26 Å². The Balaban J connectivity index is 3.09. The molecule has 0 aliphatic rings. The van der Waals surface area contributed by atoms with Crippen molar-refractivity contribution in [1.29, 1.82) is 0 Å². The van der Waals surface area contributed by atoms with Crippen molar-refractivity contribution in [3.63, 3.8) is 0 Å². The molecule has 0 radical (unpaired) electrons. The Hall–Kier alpha value is -0.620. The Morgan fingerprint density at radius 2 is 2.12 bits per heavy atom. The summed E-state index contributed by atoms with van der Waals surface area (Å²) in [5.74, 6) is 0.511. The molecular formula is C10H14BrNO3S. The second-order valence-corrected chi connectivity index (χ2v) is 6.35. The summed E-state index contributed by atoms with van der Waals surface area (Å²) in [5.41, 5.74) is 0. The van der Waals surface area contributed by atoms with E-state index in [9.17, 15) is 8.42 Å². The predicted octanol–water partition coefficient (Wildman–Crippen LogP) is 2.42. The van der Waals surface area contributed by atoms with Crippen LogP contribution in [0.15, 0.2) is 21.8 Å². The quantitative estimate of drug-likeness (QED) is 0.802. The average molecular weight is 308 g/mol. The minimum absolute atomic E-state index is 0.0141. The third-order valence-electron chi connectivity index (χ3n) is 2.04. The summed E-state index contributed by atoms with van der Waals surface area (Å²) in [5, 5.41) is 0.0141. The second-order valence-electron chi connectivity index (χ2n) is 3.57. The van der Waals surface area contributed by atoms with Crippen molar-refractivity contribution in [1.82, 2.24) is 4.98 Å². The van der Waals surface area contributed by atoms with Crippen molar-refractivity contribution < 1.29 is 13.2 Å². The van der Waals surface area contributed by atoms with E-state index >= 15 is 0 Å². The highest BCUT2D eigenvalue weighted by molar-refractivity contribution is 9.10. The van der Waals surface area contributed by atoms with Crippen LogP contribution >= 0.6 is 15.9 Å². The van der Waals surface area contributed by atoms with E-state index in [1.54, 1.807) is 6.07 Å². The van der Waals surface area contributed by atoms with Gasteiger partial charge in [0.15, 0.2) is 14.9 Å². The fraction of sp³-hybridized carbons (Fsp3) is 0.500. The standard InChI is InChI=1S/C10H14BrNO3S/c1-4-7(2)15-8-5-9(11)12-10(6-8)16(3,13)14/h5-7H,4H2,1-3H3/t7-/m0/s1. The third kappa shape index (κ3) is 3.75. The van der Waals surface area contributed by atoms with E-state index in [0.29, 0.717) is 10.4 Å². The van der Waals surface area contributed by atoms with Gasteiger partial charge >= 0.3 is 0 Å². The lowest BCUT2D eigenvalue weighted by Gasteiger charge is -2.13. The smallest absolute Gasteiger partial charge is 0.192 e. The van der Waals surface area contributed by atoms with Gasteiger partial charge in [-0.1, -0.05) is 6.92 Å². The highest BCUT2D eigenvalue weighted by Crippen LogP contribution is 2.22. The molecule has 0 amide bonds. The molecule has 0 bridgehead atoms. The first-order valence-corrected chi connectivity index (χ1v) is 7.55. The summed E-state index contributed by atoms with van der Waals surface area (Å²) in [6.45, 7) is 3.92. The van der Waals surface area contributed by atoms with E-state index in [2.05, 4.69) is 20.9 Å². The van der Waals surface area contributed by atoms with Crippen LogP contribution in [0.5, 0.6) is 5.75 Å². The summed E-state index contributed by atoms with van der Waals surface area (Å²) in [4.78, 5) is 3.89. The Bertz CT molecular complexity index is 473. The van der Waals surface area contributed by atoms with Gasteiger partial charge in [0.1, 0.15) is 10.4 Å². The summed E-state index contributed by atoms with van der Waals surface area (Å²) in [6, 6.07) is 3.09. The minimum atomic E-state index is -3.31. The van der Waals surface area contributed by atoms with Crippen LogP contribution in [-0.4, -0.2) is 25.8 Å². The van der Waals surface area contributed by atoms with E-state index in [1.165, 1.54) is 6.07 Å².